The lowest BCUT2D eigenvalue weighted by Gasteiger charge is -2.07. The van der Waals surface area contributed by atoms with Crippen LogP contribution >= 0.6 is 0 Å². The van der Waals surface area contributed by atoms with Crippen molar-refractivity contribution in [3.8, 4) is 5.75 Å². The van der Waals surface area contributed by atoms with Crippen molar-refractivity contribution < 1.29 is 14.7 Å². The average molecular weight is 310 g/mol. The Morgan fingerprint density at radius 1 is 0.913 bits per heavy atom. The number of benzene rings is 2. The monoisotopic (exact) mass is 310 g/mol. The van der Waals surface area contributed by atoms with Crippen molar-refractivity contribution in [2.24, 2.45) is 0 Å². The van der Waals surface area contributed by atoms with Crippen molar-refractivity contribution >= 4 is 11.6 Å². The number of carbonyl (C=O) groups is 2. The van der Waals surface area contributed by atoms with Crippen LogP contribution in [0.4, 0.5) is 0 Å². The summed E-state index contributed by atoms with van der Waals surface area (Å²) in [6.45, 7) is 2.12. The standard InChI is InChI=1S/C20H22O3/c1-2-3-5-10-16-13-17(11-12-18(16)21)20(23)14-19(22)15-8-6-4-7-9-15/h4,6-9,11-13,21H,2-3,5,10,14H2,1H3. The number of ketones is 2. The number of rotatable bonds is 8. The van der Waals surface area contributed by atoms with Gasteiger partial charge in [0.2, 0.25) is 0 Å². The molecule has 0 amide bonds. The van der Waals surface area contributed by atoms with E-state index in [0.717, 1.165) is 31.2 Å². The fraction of sp³-hybridized carbons (Fsp3) is 0.300. The van der Waals surface area contributed by atoms with E-state index in [4.69, 9.17) is 0 Å². The van der Waals surface area contributed by atoms with Gasteiger partial charge in [-0.1, -0.05) is 50.1 Å². The third-order valence-corrected chi connectivity index (χ3v) is 3.87. The lowest BCUT2D eigenvalue weighted by atomic mass is 9.98. The van der Waals surface area contributed by atoms with E-state index in [0.29, 0.717) is 11.1 Å². The lowest BCUT2D eigenvalue weighted by molar-refractivity contribution is 0.0894. The third kappa shape index (κ3) is 4.78. The van der Waals surface area contributed by atoms with Gasteiger partial charge in [0.05, 0.1) is 6.42 Å². The van der Waals surface area contributed by atoms with E-state index >= 15 is 0 Å². The highest BCUT2D eigenvalue weighted by Gasteiger charge is 2.15. The van der Waals surface area contributed by atoms with Crippen molar-refractivity contribution in [1.29, 1.82) is 0 Å². The highest BCUT2D eigenvalue weighted by Crippen LogP contribution is 2.22. The predicted molar refractivity (Wildman–Crippen MR) is 91.1 cm³/mol. The summed E-state index contributed by atoms with van der Waals surface area (Å²) in [4.78, 5) is 24.4. The molecule has 0 atom stereocenters. The van der Waals surface area contributed by atoms with Gasteiger partial charge in [0.1, 0.15) is 5.75 Å². The topological polar surface area (TPSA) is 54.4 Å². The summed E-state index contributed by atoms with van der Waals surface area (Å²) in [5, 5.41) is 9.90. The van der Waals surface area contributed by atoms with Crippen LogP contribution in [0.15, 0.2) is 48.5 Å². The summed E-state index contributed by atoms with van der Waals surface area (Å²) in [5.74, 6) is -0.182. The van der Waals surface area contributed by atoms with Gasteiger partial charge in [-0.05, 0) is 36.6 Å². The fourth-order valence-corrected chi connectivity index (χ4v) is 2.50. The van der Waals surface area contributed by atoms with E-state index < -0.39 is 0 Å². The predicted octanol–water partition coefficient (Wildman–Crippen LogP) is 4.58. The van der Waals surface area contributed by atoms with Crippen LogP contribution in [0.25, 0.3) is 0 Å². The van der Waals surface area contributed by atoms with Crippen LogP contribution < -0.4 is 0 Å². The largest absolute Gasteiger partial charge is 0.508 e. The van der Waals surface area contributed by atoms with Gasteiger partial charge >= 0.3 is 0 Å². The number of hydrogen-bond donors (Lipinski definition) is 1. The number of carbonyl (C=O) groups excluding carboxylic acids is 2. The maximum atomic E-state index is 12.3. The van der Waals surface area contributed by atoms with Crippen molar-refractivity contribution in [1.82, 2.24) is 0 Å². The molecular weight excluding hydrogens is 288 g/mol. The molecule has 3 heteroatoms. The fourth-order valence-electron chi connectivity index (χ4n) is 2.50. The maximum Gasteiger partial charge on any atom is 0.170 e. The van der Waals surface area contributed by atoms with Gasteiger partial charge in [-0.25, -0.2) is 0 Å². The molecule has 0 spiro atoms. The SMILES string of the molecule is CCCCCc1cc(C(=O)CC(=O)c2ccccc2)ccc1O. The Morgan fingerprint density at radius 2 is 1.61 bits per heavy atom. The van der Waals surface area contributed by atoms with Gasteiger partial charge in [-0.2, -0.15) is 0 Å². The lowest BCUT2D eigenvalue weighted by Crippen LogP contribution is -2.09. The molecule has 0 unspecified atom stereocenters. The molecule has 3 nitrogen and oxygen atoms in total. The summed E-state index contributed by atoms with van der Waals surface area (Å²) < 4.78 is 0. The molecule has 120 valence electrons. The van der Waals surface area contributed by atoms with Crippen LogP contribution in [0.1, 0.15) is 58.9 Å². The molecule has 0 saturated carbocycles. The van der Waals surface area contributed by atoms with E-state index in [1.165, 1.54) is 0 Å². The van der Waals surface area contributed by atoms with Crippen LogP contribution in [-0.4, -0.2) is 16.7 Å². The Balaban J connectivity index is 2.07. The molecule has 0 aromatic heterocycles. The minimum Gasteiger partial charge on any atom is -0.508 e. The molecular formula is C20H22O3. The van der Waals surface area contributed by atoms with Crippen molar-refractivity contribution in [3.63, 3.8) is 0 Å². The van der Waals surface area contributed by atoms with E-state index in [-0.39, 0.29) is 23.7 Å². The third-order valence-electron chi connectivity index (χ3n) is 3.87. The van der Waals surface area contributed by atoms with E-state index in [2.05, 4.69) is 6.92 Å². The highest BCUT2D eigenvalue weighted by atomic mass is 16.3. The van der Waals surface area contributed by atoms with E-state index in [9.17, 15) is 14.7 Å². The summed E-state index contributed by atoms with van der Waals surface area (Å²) in [6.07, 6.45) is 3.76. The quantitative estimate of drug-likeness (QED) is 0.441. The number of phenolic OH excluding ortho intramolecular Hbond substituents is 1. The van der Waals surface area contributed by atoms with Crippen LogP contribution in [0.3, 0.4) is 0 Å². The number of unbranched alkanes of at least 4 members (excludes halogenated alkanes) is 2. The van der Waals surface area contributed by atoms with Crippen molar-refractivity contribution in [3.05, 3.63) is 65.2 Å². The number of phenols is 1. The molecule has 23 heavy (non-hydrogen) atoms. The number of aromatic hydroxyl groups is 1. The molecule has 1 N–H and O–H groups in total. The maximum absolute atomic E-state index is 12.3. The second-order valence-electron chi connectivity index (χ2n) is 5.69. The Hall–Kier alpha value is -2.42. The summed E-state index contributed by atoms with van der Waals surface area (Å²) in [5.41, 5.74) is 1.80. The van der Waals surface area contributed by atoms with Gasteiger partial charge < -0.3 is 5.11 Å². The van der Waals surface area contributed by atoms with Gasteiger partial charge in [0.25, 0.3) is 0 Å². The Morgan fingerprint density at radius 3 is 2.30 bits per heavy atom. The first-order chi connectivity index (χ1) is 11.1. The average Bonchev–Trinajstić information content (AvgIpc) is 2.57. The summed E-state index contributed by atoms with van der Waals surface area (Å²) in [7, 11) is 0. The summed E-state index contributed by atoms with van der Waals surface area (Å²) in [6, 6.07) is 13.7. The van der Waals surface area contributed by atoms with E-state index in [1.807, 2.05) is 6.07 Å². The second kappa shape index (κ2) is 8.28. The van der Waals surface area contributed by atoms with Gasteiger partial charge in [0.15, 0.2) is 11.6 Å². The molecule has 0 aliphatic heterocycles. The molecule has 2 aromatic rings. The van der Waals surface area contributed by atoms with Crippen LogP contribution in [0.2, 0.25) is 0 Å². The molecule has 2 aromatic carbocycles. The second-order valence-corrected chi connectivity index (χ2v) is 5.69. The molecule has 0 radical (unpaired) electrons. The number of hydrogen-bond acceptors (Lipinski definition) is 3. The van der Waals surface area contributed by atoms with Gasteiger partial charge in [-0.3, -0.25) is 9.59 Å². The zero-order valence-electron chi connectivity index (χ0n) is 13.4. The zero-order chi connectivity index (χ0) is 16.7. The number of aryl methyl sites for hydroxylation is 1. The first-order valence-electron chi connectivity index (χ1n) is 8.05. The van der Waals surface area contributed by atoms with Crippen molar-refractivity contribution in [2.75, 3.05) is 0 Å². The van der Waals surface area contributed by atoms with Gasteiger partial charge in [-0.15, -0.1) is 0 Å². The smallest absolute Gasteiger partial charge is 0.170 e. The molecule has 0 aliphatic rings. The molecule has 2 rings (SSSR count). The highest BCUT2D eigenvalue weighted by molar-refractivity contribution is 6.13. The Labute approximate surface area is 137 Å². The van der Waals surface area contributed by atoms with Crippen LogP contribution in [0, 0.1) is 0 Å². The molecule has 0 fully saturated rings. The minimum atomic E-state index is -0.212. The minimum absolute atomic E-state index is 0.150. The normalized spacial score (nSPS) is 10.5. The molecule has 0 saturated heterocycles. The molecule has 0 aliphatic carbocycles. The van der Waals surface area contributed by atoms with Crippen LogP contribution in [-0.2, 0) is 6.42 Å². The van der Waals surface area contributed by atoms with Crippen LogP contribution in [0.5, 0.6) is 5.75 Å². The first kappa shape index (κ1) is 16.9. The number of Topliss-reactive ketones (excluding diaryl/α,β-unsaturated/α-hetero) is 2. The molecule has 0 bridgehead atoms. The first-order valence-corrected chi connectivity index (χ1v) is 8.05. The van der Waals surface area contributed by atoms with Crippen molar-refractivity contribution in [2.45, 2.75) is 39.0 Å². The van der Waals surface area contributed by atoms with Gasteiger partial charge in [0, 0.05) is 11.1 Å². The Bertz CT molecular complexity index is 675. The Kier molecular flexibility index (Phi) is 6.10. The molecule has 0 heterocycles. The zero-order valence-corrected chi connectivity index (χ0v) is 13.4. The summed E-state index contributed by atoms with van der Waals surface area (Å²) >= 11 is 0. The van der Waals surface area contributed by atoms with E-state index in [1.54, 1.807) is 42.5 Å².